The van der Waals surface area contributed by atoms with Gasteiger partial charge in [0.05, 0.1) is 5.69 Å². The molecule has 3 aromatic rings. The van der Waals surface area contributed by atoms with E-state index >= 15 is 0 Å². The van der Waals surface area contributed by atoms with E-state index in [-0.39, 0.29) is 0 Å². The second-order valence-corrected chi connectivity index (χ2v) is 5.13. The minimum Gasteiger partial charge on any atom is -0.256 e. The van der Waals surface area contributed by atoms with Gasteiger partial charge in [0.2, 0.25) is 0 Å². The second-order valence-electron chi connectivity index (χ2n) is 4.15. The molecule has 2 aromatic heterocycles. The highest BCUT2D eigenvalue weighted by molar-refractivity contribution is 7.10. The number of rotatable bonds is 3. The molecule has 0 bridgehead atoms. The largest absolute Gasteiger partial charge is 0.256 e. The normalized spacial score (nSPS) is 10.9. The number of thiophene rings is 1. The van der Waals surface area contributed by atoms with Crippen LogP contribution < -0.4 is 0 Å². The SMILES string of the molecule is C(=C\c1ccccc1-c1ccccn1)/c1cccs1. The molecule has 0 saturated heterocycles. The maximum atomic E-state index is 4.42. The number of benzene rings is 1. The Morgan fingerprint density at radius 3 is 2.53 bits per heavy atom. The number of aromatic nitrogens is 1. The fourth-order valence-electron chi connectivity index (χ4n) is 1.96. The molecule has 1 aromatic carbocycles. The molecule has 2 heteroatoms. The van der Waals surface area contributed by atoms with Crippen LogP contribution in [0.1, 0.15) is 10.4 Å². The van der Waals surface area contributed by atoms with Crippen molar-refractivity contribution in [3.05, 3.63) is 76.6 Å². The summed E-state index contributed by atoms with van der Waals surface area (Å²) in [7, 11) is 0. The van der Waals surface area contributed by atoms with E-state index in [2.05, 4.69) is 52.8 Å². The predicted octanol–water partition coefficient (Wildman–Crippen LogP) is 4.98. The van der Waals surface area contributed by atoms with Crippen molar-refractivity contribution in [1.82, 2.24) is 4.98 Å². The maximum absolute atomic E-state index is 4.42. The molecule has 0 amide bonds. The summed E-state index contributed by atoms with van der Waals surface area (Å²) in [6.07, 6.45) is 6.12. The molecule has 0 aliphatic rings. The first-order chi connectivity index (χ1) is 9.43. The van der Waals surface area contributed by atoms with E-state index in [0.29, 0.717) is 0 Å². The minimum atomic E-state index is 1.01. The van der Waals surface area contributed by atoms with Gasteiger partial charge in [-0.1, -0.05) is 42.5 Å². The Kier molecular flexibility index (Phi) is 3.52. The summed E-state index contributed by atoms with van der Waals surface area (Å²) in [5.41, 5.74) is 3.36. The van der Waals surface area contributed by atoms with E-state index in [1.54, 1.807) is 11.3 Å². The van der Waals surface area contributed by atoms with Crippen LogP contribution in [0.4, 0.5) is 0 Å². The maximum Gasteiger partial charge on any atom is 0.0707 e. The summed E-state index contributed by atoms with van der Waals surface area (Å²) in [6.45, 7) is 0. The van der Waals surface area contributed by atoms with Crippen LogP contribution in [0.2, 0.25) is 0 Å². The molecule has 0 aliphatic heterocycles. The van der Waals surface area contributed by atoms with Crippen LogP contribution in [-0.4, -0.2) is 4.98 Å². The lowest BCUT2D eigenvalue weighted by molar-refractivity contribution is 1.32. The highest BCUT2D eigenvalue weighted by Crippen LogP contribution is 2.23. The van der Waals surface area contributed by atoms with E-state index < -0.39 is 0 Å². The molecular weight excluding hydrogens is 250 g/mol. The van der Waals surface area contributed by atoms with Crippen LogP contribution in [-0.2, 0) is 0 Å². The standard InChI is InChI=1S/C17H13NS/c1-2-8-16(17-9-3-4-12-18-17)14(6-1)10-11-15-7-5-13-19-15/h1-13H/b11-10+. The first-order valence-electron chi connectivity index (χ1n) is 6.15. The summed E-state index contributed by atoms with van der Waals surface area (Å²) < 4.78 is 0. The molecule has 3 rings (SSSR count). The van der Waals surface area contributed by atoms with Crippen molar-refractivity contribution in [2.45, 2.75) is 0 Å². The van der Waals surface area contributed by atoms with Crippen molar-refractivity contribution in [2.24, 2.45) is 0 Å². The third kappa shape index (κ3) is 2.80. The number of hydrogen-bond acceptors (Lipinski definition) is 2. The van der Waals surface area contributed by atoms with Crippen LogP contribution in [0.5, 0.6) is 0 Å². The lowest BCUT2D eigenvalue weighted by Gasteiger charge is -2.04. The molecule has 92 valence electrons. The molecule has 1 nitrogen and oxygen atoms in total. The molecule has 0 fully saturated rings. The van der Waals surface area contributed by atoms with Gasteiger partial charge in [0.25, 0.3) is 0 Å². The third-order valence-electron chi connectivity index (χ3n) is 2.87. The summed E-state index contributed by atoms with van der Waals surface area (Å²) >= 11 is 1.74. The molecule has 2 heterocycles. The van der Waals surface area contributed by atoms with Crippen LogP contribution in [0.25, 0.3) is 23.4 Å². The van der Waals surface area contributed by atoms with E-state index in [9.17, 15) is 0 Å². The number of hydrogen-bond donors (Lipinski definition) is 0. The molecule has 0 saturated carbocycles. The molecule has 0 spiro atoms. The van der Waals surface area contributed by atoms with Crippen LogP contribution in [0.15, 0.2) is 66.2 Å². The average Bonchev–Trinajstić information content (AvgIpc) is 3.00. The first-order valence-corrected chi connectivity index (χ1v) is 7.03. The Labute approximate surface area is 116 Å². The fraction of sp³-hybridized carbons (Fsp3) is 0. The summed E-state index contributed by atoms with van der Waals surface area (Å²) in [6, 6.07) is 18.5. The Morgan fingerprint density at radius 1 is 0.842 bits per heavy atom. The zero-order valence-corrected chi connectivity index (χ0v) is 11.2. The van der Waals surface area contributed by atoms with Crippen LogP contribution in [0, 0.1) is 0 Å². The van der Waals surface area contributed by atoms with E-state index in [1.807, 2.05) is 30.5 Å². The van der Waals surface area contributed by atoms with Crippen molar-refractivity contribution >= 4 is 23.5 Å². The van der Waals surface area contributed by atoms with Gasteiger partial charge >= 0.3 is 0 Å². The Morgan fingerprint density at radius 2 is 1.74 bits per heavy atom. The lowest BCUT2D eigenvalue weighted by atomic mass is 10.0. The van der Waals surface area contributed by atoms with Gasteiger partial charge in [0, 0.05) is 16.6 Å². The number of nitrogens with zero attached hydrogens (tertiary/aromatic N) is 1. The first kappa shape index (κ1) is 11.9. The van der Waals surface area contributed by atoms with Crippen molar-refractivity contribution < 1.29 is 0 Å². The topological polar surface area (TPSA) is 12.9 Å². The quantitative estimate of drug-likeness (QED) is 0.649. The zero-order chi connectivity index (χ0) is 12.9. The summed E-state index contributed by atoms with van der Waals surface area (Å²) in [5, 5.41) is 2.09. The molecule has 0 unspecified atom stereocenters. The molecular formula is C17H13NS. The van der Waals surface area contributed by atoms with Crippen molar-refractivity contribution in [3.63, 3.8) is 0 Å². The zero-order valence-electron chi connectivity index (χ0n) is 10.4. The molecule has 0 radical (unpaired) electrons. The summed E-state index contributed by atoms with van der Waals surface area (Å²) in [5.74, 6) is 0. The Balaban J connectivity index is 1.99. The van der Waals surface area contributed by atoms with Crippen LogP contribution in [0.3, 0.4) is 0 Å². The van der Waals surface area contributed by atoms with Gasteiger partial charge < -0.3 is 0 Å². The fourth-order valence-corrected chi connectivity index (χ4v) is 2.57. The Bertz CT molecular complexity index is 670. The van der Waals surface area contributed by atoms with Crippen molar-refractivity contribution in [3.8, 4) is 11.3 Å². The molecule has 0 aliphatic carbocycles. The highest BCUT2D eigenvalue weighted by Gasteiger charge is 2.02. The Hall–Kier alpha value is -2.19. The molecule has 0 atom stereocenters. The van der Waals surface area contributed by atoms with Gasteiger partial charge in [0.1, 0.15) is 0 Å². The van der Waals surface area contributed by atoms with Gasteiger partial charge in [-0.2, -0.15) is 0 Å². The predicted molar refractivity (Wildman–Crippen MR) is 82.9 cm³/mol. The third-order valence-corrected chi connectivity index (χ3v) is 3.71. The van der Waals surface area contributed by atoms with Gasteiger partial charge in [-0.3, -0.25) is 4.98 Å². The lowest BCUT2D eigenvalue weighted by Crippen LogP contribution is -1.85. The monoisotopic (exact) mass is 263 g/mol. The molecule has 19 heavy (non-hydrogen) atoms. The van der Waals surface area contributed by atoms with Crippen LogP contribution >= 0.6 is 11.3 Å². The molecule has 0 N–H and O–H groups in total. The smallest absolute Gasteiger partial charge is 0.0707 e. The van der Waals surface area contributed by atoms with Gasteiger partial charge in [-0.15, -0.1) is 11.3 Å². The van der Waals surface area contributed by atoms with E-state index in [1.165, 1.54) is 10.4 Å². The number of pyridine rings is 1. The highest BCUT2D eigenvalue weighted by atomic mass is 32.1. The van der Waals surface area contributed by atoms with E-state index in [4.69, 9.17) is 0 Å². The minimum absolute atomic E-state index is 1.01. The van der Waals surface area contributed by atoms with Crippen molar-refractivity contribution in [2.75, 3.05) is 0 Å². The average molecular weight is 263 g/mol. The van der Waals surface area contributed by atoms with Gasteiger partial charge in [0.15, 0.2) is 0 Å². The second kappa shape index (κ2) is 5.63. The summed E-state index contributed by atoms with van der Waals surface area (Å²) in [4.78, 5) is 5.68. The van der Waals surface area contributed by atoms with E-state index in [0.717, 1.165) is 11.3 Å². The van der Waals surface area contributed by atoms with Gasteiger partial charge in [-0.25, -0.2) is 0 Å². The van der Waals surface area contributed by atoms with Gasteiger partial charge in [-0.05, 0) is 35.2 Å². The van der Waals surface area contributed by atoms with Crippen molar-refractivity contribution in [1.29, 1.82) is 0 Å².